The predicted octanol–water partition coefficient (Wildman–Crippen LogP) is 10.2. The number of ether oxygens (including phenoxy) is 1. The van der Waals surface area contributed by atoms with Crippen LogP contribution in [-0.4, -0.2) is 108 Å². The van der Waals surface area contributed by atoms with Crippen molar-refractivity contribution >= 4 is 24.0 Å². The van der Waals surface area contributed by atoms with E-state index in [1.165, 1.54) is 19.7 Å². The van der Waals surface area contributed by atoms with Crippen LogP contribution in [0.3, 0.4) is 0 Å². The number of H-pyrrole nitrogens is 2. The lowest BCUT2D eigenvalue weighted by Crippen LogP contribution is -2.51. The number of likely N-dealkylation sites (N-methyl/N-ethyl adjacent to an activating group) is 1. The van der Waals surface area contributed by atoms with Crippen molar-refractivity contribution in [2.24, 2.45) is 11.8 Å². The molecule has 362 valence electrons. The van der Waals surface area contributed by atoms with Crippen molar-refractivity contribution in [2.75, 3.05) is 27.2 Å². The molecular weight excluding hydrogens is 871 g/mol. The number of hydrogen-bond donors (Lipinski definition) is 4. The molecule has 0 radical (unpaired) electrons. The first kappa shape index (κ1) is 48.3. The summed E-state index contributed by atoms with van der Waals surface area (Å²) in [5.74, 6) is 0.718. The van der Waals surface area contributed by atoms with Gasteiger partial charge in [0.05, 0.1) is 54.4 Å². The molecule has 0 spiro atoms. The molecule has 0 aliphatic carbocycles. The van der Waals surface area contributed by atoms with E-state index in [1.54, 1.807) is 4.90 Å². The van der Waals surface area contributed by atoms with Crippen LogP contribution >= 0.6 is 0 Å². The monoisotopic (exact) mass is 936 g/mol. The van der Waals surface area contributed by atoms with Gasteiger partial charge in [0, 0.05) is 31.4 Å². The maximum atomic E-state index is 13.9. The number of aromatic nitrogens is 5. The van der Waals surface area contributed by atoms with E-state index in [0.717, 1.165) is 81.3 Å². The highest BCUT2D eigenvalue weighted by Crippen LogP contribution is 2.38. The van der Waals surface area contributed by atoms with E-state index >= 15 is 0 Å². The summed E-state index contributed by atoms with van der Waals surface area (Å²) in [5.41, 5.74) is 9.85. The van der Waals surface area contributed by atoms with Crippen LogP contribution in [0.5, 0.6) is 0 Å². The maximum absolute atomic E-state index is 13.9. The van der Waals surface area contributed by atoms with Gasteiger partial charge in [-0.1, -0.05) is 103 Å². The quantitative estimate of drug-likeness (QED) is 0.0883. The summed E-state index contributed by atoms with van der Waals surface area (Å²) in [6.07, 6.45) is 4.99. The number of methoxy groups -OCH3 is 1. The van der Waals surface area contributed by atoms with Crippen LogP contribution in [0.25, 0.3) is 50.7 Å². The number of likely N-dealkylation sites (tertiary alicyclic amines) is 2. The zero-order valence-electron chi connectivity index (χ0n) is 41.1. The number of benzene rings is 3. The van der Waals surface area contributed by atoms with E-state index in [2.05, 4.69) is 113 Å². The Balaban J connectivity index is 1.07. The number of carbonyl (C=O) groups is 4. The molecule has 5 heterocycles. The highest BCUT2D eigenvalue weighted by atomic mass is 16.5. The first-order valence-electron chi connectivity index (χ1n) is 24.0. The van der Waals surface area contributed by atoms with Crippen molar-refractivity contribution in [2.45, 2.75) is 104 Å². The average molecular weight is 936 g/mol. The van der Waals surface area contributed by atoms with Gasteiger partial charge in [-0.05, 0) is 95.5 Å². The Morgan fingerprint density at radius 1 is 0.725 bits per heavy atom. The standard InChI is InChI=1S/C54H65N9O6/c1-32(2)46(59-52(66)69-9)50(64)61-27-11-15-44(61)48-55-30-40(57-48)34-17-19-35(20-18-34)42-25-26-43(63(42)39-23-21-38(22-24-39)54(5,6)7)37-14-10-13-36(29-37)41-31-56-49(58-41)45-16-12-28-62(45)51(65)47(33(3)4)60(8)53(67)68/h10,13-14,17-26,29-33,44-47H,11-12,15-16,27-28H2,1-9H3,(H,55,57)(H,56,58)(H,59,66)(H,67,68)/t44-,45-,46-,47-/m0/s1. The molecule has 15 heteroatoms. The third-order valence-corrected chi connectivity index (χ3v) is 13.7. The van der Waals surface area contributed by atoms with Crippen LogP contribution in [0.1, 0.15) is 103 Å². The molecule has 4 amide bonds. The number of amides is 4. The largest absolute Gasteiger partial charge is 0.465 e. The van der Waals surface area contributed by atoms with Gasteiger partial charge >= 0.3 is 12.2 Å². The number of carboxylic acid groups (broad SMARTS) is 1. The minimum atomic E-state index is -1.13. The number of nitrogens with one attached hydrogen (secondary N) is 3. The van der Waals surface area contributed by atoms with Crippen molar-refractivity contribution in [1.29, 1.82) is 0 Å². The van der Waals surface area contributed by atoms with Gasteiger partial charge < -0.3 is 39.5 Å². The highest BCUT2D eigenvalue weighted by molar-refractivity contribution is 5.87. The van der Waals surface area contributed by atoms with E-state index < -0.39 is 24.3 Å². The fourth-order valence-corrected chi connectivity index (χ4v) is 9.94. The van der Waals surface area contributed by atoms with Crippen molar-refractivity contribution in [3.63, 3.8) is 0 Å². The average Bonchev–Trinajstić information content (AvgIpc) is 4.19. The van der Waals surface area contributed by atoms with Gasteiger partial charge in [0.15, 0.2) is 0 Å². The summed E-state index contributed by atoms with van der Waals surface area (Å²) in [5, 5.41) is 12.5. The van der Waals surface area contributed by atoms with E-state index in [0.29, 0.717) is 24.7 Å². The lowest BCUT2D eigenvalue weighted by atomic mass is 9.87. The Morgan fingerprint density at radius 3 is 1.80 bits per heavy atom. The van der Waals surface area contributed by atoms with E-state index in [1.807, 2.05) is 57.1 Å². The van der Waals surface area contributed by atoms with Crippen LogP contribution in [-0.2, 0) is 19.7 Å². The van der Waals surface area contributed by atoms with Gasteiger partial charge in [-0.2, -0.15) is 0 Å². The molecule has 0 saturated carbocycles. The summed E-state index contributed by atoms with van der Waals surface area (Å²) in [7, 11) is 2.75. The van der Waals surface area contributed by atoms with Gasteiger partial charge in [-0.25, -0.2) is 19.6 Å². The fraction of sp³-hybridized carbons (Fsp3) is 0.407. The molecule has 69 heavy (non-hydrogen) atoms. The van der Waals surface area contributed by atoms with Crippen LogP contribution in [0, 0.1) is 11.8 Å². The Kier molecular flexibility index (Phi) is 13.9. The molecule has 3 aromatic carbocycles. The molecule has 2 fully saturated rings. The van der Waals surface area contributed by atoms with Crippen molar-refractivity contribution < 1.29 is 29.0 Å². The summed E-state index contributed by atoms with van der Waals surface area (Å²) in [6, 6.07) is 27.8. The number of alkyl carbamates (subject to hydrolysis) is 1. The molecule has 4 atom stereocenters. The lowest BCUT2D eigenvalue weighted by Gasteiger charge is -2.33. The molecule has 15 nitrogen and oxygen atoms in total. The Morgan fingerprint density at radius 2 is 1.26 bits per heavy atom. The molecular formula is C54H65N9O6. The molecule has 8 rings (SSSR count). The van der Waals surface area contributed by atoms with Gasteiger partial charge in [-0.3, -0.25) is 14.5 Å². The molecule has 4 N–H and O–H groups in total. The second-order valence-electron chi connectivity index (χ2n) is 20.1. The van der Waals surface area contributed by atoms with Gasteiger partial charge in [0.1, 0.15) is 23.7 Å². The summed E-state index contributed by atoms with van der Waals surface area (Å²) in [4.78, 5) is 73.0. The van der Waals surface area contributed by atoms with Crippen molar-refractivity contribution in [3.05, 3.63) is 115 Å². The normalized spacial score (nSPS) is 17.1. The summed E-state index contributed by atoms with van der Waals surface area (Å²) >= 11 is 0. The first-order valence-corrected chi connectivity index (χ1v) is 24.0. The van der Waals surface area contributed by atoms with E-state index in [-0.39, 0.29) is 41.1 Å². The smallest absolute Gasteiger partial charge is 0.407 e. The van der Waals surface area contributed by atoms with Crippen molar-refractivity contribution in [1.82, 2.24) is 44.5 Å². The minimum absolute atomic E-state index is 0.0158. The number of nitrogens with zero attached hydrogens (tertiary/aromatic N) is 6. The first-order chi connectivity index (χ1) is 32.9. The van der Waals surface area contributed by atoms with E-state index in [9.17, 15) is 24.3 Å². The third-order valence-electron chi connectivity index (χ3n) is 13.7. The number of carbonyl (C=O) groups excluding carboxylic acids is 3. The van der Waals surface area contributed by atoms with Gasteiger partial charge in [-0.15, -0.1) is 0 Å². The van der Waals surface area contributed by atoms with Gasteiger partial charge in [0.2, 0.25) is 11.8 Å². The summed E-state index contributed by atoms with van der Waals surface area (Å²) in [6.45, 7) is 15.3. The maximum Gasteiger partial charge on any atom is 0.407 e. The number of hydrogen-bond acceptors (Lipinski definition) is 7. The lowest BCUT2D eigenvalue weighted by molar-refractivity contribution is -0.138. The Labute approximate surface area is 404 Å². The SMILES string of the molecule is COC(=O)N[C@H](C(=O)N1CCC[C@H]1c1ncc(-c2ccc(-c3ccc(-c4cccc(-c5cnc([C@@H]6CCCN6C(=O)[C@H](C(C)C)N(C)C(=O)O)[nH]5)c4)n3-c3ccc(C(C)(C)C)cc3)cc2)[nH]1)C(C)C. The van der Waals surface area contributed by atoms with Gasteiger partial charge in [0.25, 0.3) is 0 Å². The molecule has 2 aliphatic heterocycles. The zero-order valence-corrected chi connectivity index (χ0v) is 41.1. The predicted molar refractivity (Wildman–Crippen MR) is 266 cm³/mol. The van der Waals surface area contributed by atoms with Crippen LogP contribution in [0.2, 0.25) is 0 Å². The molecule has 2 aliphatic rings. The Hall–Kier alpha value is -7.16. The minimum Gasteiger partial charge on any atom is -0.465 e. The number of rotatable bonds is 13. The number of imidazole rings is 2. The van der Waals surface area contributed by atoms with E-state index in [4.69, 9.17) is 14.7 Å². The third kappa shape index (κ3) is 9.90. The number of aromatic amines is 2. The van der Waals surface area contributed by atoms with Crippen LogP contribution < -0.4 is 5.32 Å². The molecule has 3 aromatic heterocycles. The molecule has 6 aromatic rings. The van der Waals surface area contributed by atoms with Crippen LogP contribution in [0.15, 0.2) is 97.3 Å². The molecule has 0 unspecified atom stereocenters. The van der Waals surface area contributed by atoms with Crippen LogP contribution in [0.4, 0.5) is 9.59 Å². The highest BCUT2D eigenvalue weighted by Gasteiger charge is 2.40. The topological polar surface area (TPSA) is 182 Å². The summed E-state index contributed by atoms with van der Waals surface area (Å²) < 4.78 is 7.10. The Bertz CT molecular complexity index is 2800. The fourth-order valence-electron chi connectivity index (χ4n) is 9.94. The van der Waals surface area contributed by atoms with Crippen molar-refractivity contribution in [3.8, 4) is 50.7 Å². The second-order valence-corrected chi connectivity index (χ2v) is 20.1. The molecule has 0 bridgehead atoms. The zero-order chi connectivity index (χ0) is 49.3. The molecule has 2 saturated heterocycles. The second kappa shape index (κ2) is 19.8.